The van der Waals surface area contributed by atoms with Gasteiger partial charge in [0.25, 0.3) is 5.91 Å². The highest BCUT2D eigenvalue weighted by molar-refractivity contribution is 5.94. The molecule has 37 heavy (non-hydrogen) atoms. The second-order valence-electron chi connectivity index (χ2n) is 10.6. The number of carbonyl (C=O) groups excluding carboxylic acids is 2. The molecule has 1 fully saturated rings. The van der Waals surface area contributed by atoms with Crippen LogP contribution in [0, 0.1) is 0 Å². The minimum atomic E-state index is -0.0141. The molecule has 1 atom stereocenters. The smallest absolute Gasteiger partial charge is 0.251 e. The van der Waals surface area contributed by atoms with Gasteiger partial charge >= 0.3 is 0 Å². The van der Waals surface area contributed by atoms with Crippen LogP contribution in [-0.4, -0.2) is 22.8 Å². The number of benzene rings is 2. The van der Waals surface area contributed by atoms with Crippen molar-refractivity contribution in [3.05, 3.63) is 82.5 Å². The summed E-state index contributed by atoms with van der Waals surface area (Å²) < 4.78 is 6.26. The van der Waals surface area contributed by atoms with E-state index in [9.17, 15) is 9.59 Å². The number of aromatic nitrogens is 1. The summed E-state index contributed by atoms with van der Waals surface area (Å²) in [7, 11) is 0. The van der Waals surface area contributed by atoms with Gasteiger partial charge in [-0.1, -0.05) is 37.5 Å². The zero-order valence-corrected chi connectivity index (χ0v) is 21.1. The molecule has 3 aromatic rings. The Balaban J connectivity index is 1.13. The molecule has 0 saturated heterocycles. The number of nitrogens with zero attached hydrogens (tertiary/aromatic N) is 1. The van der Waals surface area contributed by atoms with Crippen LogP contribution in [0.25, 0.3) is 0 Å². The largest absolute Gasteiger partial charge is 0.457 e. The van der Waals surface area contributed by atoms with Crippen molar-refractivity contribution in [2.75, 3.05) is 5.32 Å². The van der Waals surface area contributed by atoms with Gasteiger partial charge in [0, 0.05) is 29.8 Å². The van der Waals surface area contributed by atoms with E-state index in [1.165, 1.54) is 48.8 Å². The Morgan fingerprint density at radius 1 is 0.946 bits per heavy atom. The van der Waals surface area contributed by atoms with E-state index in [1.807, 2.05) is 24.3 Å². The van der Waals surface area contributed by atoms with E-state index < -0.39 is 0 Å². The fourth-order valence-corrected chi connectivity index (χ4v) is 6.04. The minimum Gasteiger partial charge on any atom is -0.457 e. The zero-order valence-electron chi connectivity index (χ0n) is 21.1. The van der Waals surface area contributed by atoms with Crippen molar-refractivity contribution >= 4 is 17.6 Å². The standard InChI is InChI=1S/C31H33N3O3/c35-29-14-13-27-28(15-16-32-30(27)34-29)37-26-12-10-21-9-11-25(18-24(21)19-26)33-31(36)23-8-4-7-22(17-23)20-5-2-1-3-6-20/h4,7-8,10,12,15-17,19-20,25H,1-3,5-6,9,11,13-14,18H2,(H,33,36)(H,32,34,35)/t25-/m1/s1. The van der Waals surface area contributed by atoms with Crippen molar-refractivity contribution in [3.63, 3.8) is 0 Å². The van der Waals surface area contributed by atoms with Crippen molar-refractivity contribution in [2.24, 2.45) is 0 Å². The summed E-state index contributed by atoms with van der Waals surface area (Å²) in [6, 6.07) is 16.4. The van der Waals surface area contributed by atoms with Crippen LogP contribution in [0.5, 0.6) is 11.5 Å². The number of nitrogens with one attached hydrogen (secondary N) is 2. The van der Waals surface area contributed by atoms with Crippen molar-refractivity contribution < 1.29 is 14.3 Å². The van der Waals surface area contributed by atoms with Gasteiger partial charge in [0.15, 0.2) is 0 Å². The van der Waals surface area contributed by atoms with E-state index in [1.54, 1.807) is 6.20 Å². The molecule has 2 aliphatic carbocycles. The molecule has 0 spiro atoms. The number of pyridine rings is 1. The molecule has 6 nitrogen and oxygen atoms in total. The third-order valence-electron chi connectivity index (χ3n) is 8.07. The number of hydrogen-bond donors (Lipinski definition) is 2. The summed E-state index contributed by atoms with van der Waals surface area (Å²) in [5.41, 5.74) is 5.52. The number of anilines is 1. The number of amides is 2. The van der Waals surface area contributed by atoms with E-state index in [-0.39, 0.29) is 17.9 Å². The number of ether oxygens (including phenoxy) is 1. The normalized spacial score (nSPS) is 19.4. The van der Waals surface area contributed by atoms with E-state index in [0.29, 0.717) is 24.6 Å². The number of fused-ring (bicyclic) bond motifs is 2. The Bertz CT molecular complexity index is 1330. The number of carbonyl (C=O) groups is 2. The minimum absolute atomic E-state index is 0.0141. The van der Waals surface area contributed by atoms with Gasteiger partial charge in [-0.05, 0) is 91.5 Å². The summed E-state index contributed by atoms with van der Waals surface area (Å²) >= 11 is 0. The van der Waals surface area contributed by atoms with E-state index in [2.05, 4.69) is 39.9 Å². The van der Waals surface area contributed by atoms with Gasteiger partial charge in [-0.3, -0.25) is 9.59 Å². The van der Waals surface area contributed by atoms with E-state index in [0.717, 1.165) is 41.9 Å². The fourth-order valence-electron chi connectivity index (χ4n) is 6.04. The van der Waals surface area contributed by atoms with Crippen LogP contribution in [-0.2, 0) is 24.1 Å². The van der Waals surface area contributed by atoms with Crippen LogP contribution in [0.3, 0.4) is 0 Å². The molecule has 3 aliphatic rings. The SMILES string of the molecule is O=C1CCc2c(Oc3ccc4c(c3)C[C@H](NC(=O)c3cccc(C5CCCCC5)c3)CC4)ccnc2N1. The number of aryl methyl sites for hydroxylation is 1. The maximum atomic E-state index is 13.2. The van der Waals surface area contributed by atoms with E-state index >= 15 is 0 Å². The molecule has 0 unspecified atom stereocenters. The molecular formula is C31H33N3O3. The average molecular weight is 496 g/mol. The van der Waals surface area contributed by atoms with E-state index in [4.69, 9.17) is 4.74 Å². The van der Waals surface area contributed by atoms with Crippen LogP contribution >= 0.6 is 0 Å². The predicted molar refractivity (Wildman–Crippen MR) is 143 cm³/mol. The number of hydrogen-bond acceptors (Lipinski definition) is 4. The highest BCUT2D eigenvalue weighted by Crippen LogP contribution is 2.35. The van der Waals surface area contributed by atoms with Gasteiger partial charge in [-0.15, -0.1) is 0 Å². The van der Waals surface area contributed by atoms with Crippen molar-refractivity contribution in [3.8, 4) is 11.5 Å². The Morgan fingerprint density at radius 3 is 2.73 bits per heavy atom. The fraction of sp³-hybridized carbons (Fsp3) is 0.387. The predicted octanol–water partition coefficient (Wildman–Crippen LogP) is 6.09. The summed E-state index contributed by atoms with van der Waals surface area (Å²) in [4.78, 5) is 29.2. The maximum Gasteiger partial charge on any atom is 0.251 e. The van der Waals surface area contributed by atoms with Crippen LogP contribution in [0.4, 0.5) is 5.82 Å². The van der Waals surface area contributed by atoms with Gasteiger partial charge in [0.05, 0.1) is 0 Å². The lowest BCUT2D eigenvalue weighted by Crippen LogP contribution is -2.38. The second-order valence-corrected chi connectivity index (χ2v) is 10.6. The Kier molecular flexibility index (Phi) is 6.64. The van der Waals surface area contributed by atoms with Crippen molar-refractivity contribution in [2.45, 2.75) is 76.2 Å². The van der Waals surface area contributed by atoms with Crippen LogP contribution in [0.1, 0.15) is 83.5 Å². The third kappa shape index (κ3) is 5.24. The molecule has 6 heteroatoms. The summed E-state index contributed by atoms with van der Waals surface area (Å²) in [6.07, 6.45) is 11.7. The molecule has 0 bridgehead atoms. The summed E-state index contributed by atoms with van der Waals surface area (Å²) in [6.45, 7) is 0. The van der Waals surface area contributed by atoms with Gasteiger partial charge < -0.3 is 15.4 Å². The molecule has 0 radical (unpaired) electrons. The lowest BCUT2D eigenvalue weighted by atomic mass is 9.83. The Morgan fingerprint density at radius 2 is 1.84 bits per heavy atom. The molecule has 6 rings (SSSR count). The lowest BCUT2D eigenvalue weighted by Gasteiger charge is -2.26. The second kappa shape index (κ2) is 10.4. The first kappa shape index (κ1) is 23.7. The summed E-state index contributed by atoms with van der Waals surface area (Å²) in [5.74, 6) is 2.66. The topological polar surface area (TPSA) is 80.3 Å². The van der Waals surface area contributed by atoms with Gasteiger partial charge in [-0.25, -0.2) is 4.98 Å². The first-order valence-electron chi connectivity index (χ1n) is 13.6. The number of rotatable bonds is 5. The average Bonchev–Trinajstić information content (AvgIpc) is 2.93. The molecule has 2 amide bonds. The highest BCUT2D eigenvalue weighted by Gasteiger charge is 2.24. The molecule has 2 aromatic carbocycles. The van der Waals surface area contributed by atoms with Gasteiger partial charge in [-0.2, -0.15) is 0 Å². The van der Waals surface area contributed by atoms with Gasteiger partial charge in [0.2, 0.25) is 5.91 Å². The van der Waals surface area contributed by atoms with Crippen LogP contribution < -0.4 is 15.4 Å². The lowest BCUT2D eigenvalue weighted by molar-refractivity contribution is -0.116. The molecule has 2 heterocycles. The van der Waals surface area contributed by atoms with Crippen LogP contribution in [0.15, 0.2) is 54.7 Å². The molecule has 2 N–H and O–H groups in total. The zero-order chi connectivity index (χ0) is 25.2. The first-order chi connectivity index (χ1) is 18.1. The van der Waals surface area contributed by atoms with Crippen LogP contribution in [0.2, 0.25) is 0 Å². The quantitative estimate of drug-likeness (QED) is 0.449. The molecule has 1 saturated carbocycles. The monoisotopic (exact) mass is 495 g/mol. The highest BCUT2D eigenvalue weighted by atomic mass is 16.5. The molecular weight excluding hydrogens is 462 g/mol. The molecule has 190 valence electrons. The summed E-state index contributed by atoms with van der Waals surface area (Å²) in [5, 5.41) is 6.12. The van der Waals surface area contributed by atoms with Crippen molar-refractivity contribution in [1.82, 2.24) is 10.3 Å². The van der Waals surface area contributed by atoms with Gasteiger partial charge in [0.1, 0.15) is 17.3 Å². The molecule has 1 aliphatic heterocycles. The Labute approximate surface area is 217 Å². The maximum absolute atomic E-state index is 13.2. The first-order valence-corrected chi connectivity index (χ1v) is 13.6. The van der Waals surface area contributed by atoms with Crippen molar-refractivity contribution in [1.29, 1.82) is 0 Å². The molecule has 1 aromatic heterocycles. The third-order valence-corrected chi connectivity index (χ3v) is 8.07. The Hall–Kier alpha value is -3.67.